The van der Waals surface area contributed by atoms with E-state index in [0.717, 1.165) is 7.11 Å². The first-order valence-corrected chi connectivity index (χ1v) is 5.71. The van der Waals surface area contributed by atoms with Crippen LogP contribution in [0.5, 0.6) is 0 Å². The first-order chi connectivity index (χ1) is 9.40. The van der Waals surface area contributed by atoms with Crippen molar-refractivity contribution < 1.29 is 14.3 Å². The summed E-state index contributed by atoms with van der Waals surface area (Å²) in [5.41, 5.74) is -2.49. The molecular formula is C11H16N4O5. The van der Waals surface area contributed by atoms with Gasteiger partial charge in [-0.3, -0.25) is 15.2 Å². The monoisotopic (exact) mass is 284 g/mol. The number of hydrogen-bond acceptors (Lipinski definition) is 7. The normalized spacial score (nSPS) is 11.8. The van der Waals surface area contributed by atoms with Gasteiger partial charge in [-0.2, -0.15) is 0 Å². The Kier molecular flexibility index (Phi) is 5.21. The van der Waals surface area contributed by atoms with Crippen LogP contribution in [0.4, 0.5) is 5.69 Å². The minimum Gasteiger partial charge on any atom is -0.464 e. The van der Waals surface area contributed by atoms with Gasteiger partial charge < -0.3 is 19.8 Å². The van der Waals surface area contributed by atoms with E-state index in [1.807, 2.05) is 4.98 Å². The van der Waals surface area contributed by atoms with Crippen LogP contribution in [0, 0.1) is 5.41 Å². The molecule has 0 fully saturated rings. The number of aromatic nitrogens is 2. The molecule has 1 rings (SSSR count). The molecule has 0 aliphatic heterocycles. The van der Waals surface area contributed by atoms with Gasteiger partial charge in [0.15, 0.2) is 5.71 Å². The van der Waals surface area contributed by atoms with E-state index in [1.54, 1.807) is 6.92 Å². The SMILES string of the molecule is COC(=O)C(=N)c1[nH]c(=O)[nH]c(=O)c1NC[C@H](C)OC. The fourth-order valence-electron chi connectivity index (χ4n) is 1.38. The maximum atomic E-state index is 11.7. The molecule has 0 aliphatic carbocycles. The molecule has 4 N–H and O–H groups in total. The van der Waals surface area contributed by atoms with E-state index in [2.05, 4.69) is 15.0 Å². The van der Waals surface area contributed by atoms with E-state index in [1.165, 1.54) is 7.11 Å². The molecule has 1 atom stereocenters. The molecule has 1 heterocycles. The van der Waals surface area contributed by atoms with Crippen molar-refractivity contribution in [1.29, 1.82) is 5.41 Å². The number of carbonyl (C=O) groups is 1. The average molecular weight is 284 g/mol. The molecule has 1 aromatic rings. The maximum absolute atomic E-state index is 11.7. The highest BCUT2D eigenvalue weighted by atomic mass is 16.5. The third-order valence-electron chi connectivity index (χ3n) is 2.55. The average Bonchev–Trinajstić information content (AvgIpc) is 2.43. The standard InChI is InChI=1S/C11H16N4O5/c1-5(19-2)4-13-8-7(6(12)10(17)20-3)14-11(18)15-9(8)16/h5,12-13H,4H2,1-3H3,(H2,14,15,16,18)/t5-/m0/s1. The molecule has 0 aliphatic rings. The van der Waals surface area contributed by atoms with Gasteiger partial charge in [0, 0.05) is 13.7 Å². The molecule has 0 saturated carbocycles. The van der Waals surface area contributed by atoms with Gasteiger partial charge in [-0.05, 0) is 6.92 Å². The summed E-state index contributed by atoms with van der Waals surface area (Å²) in [4.78, 5) is 38.6. The molecule has 0 unspecified atom stereocenters. The Morgan fingerprint density at radius 2 is 2.00 bits per heavy atom. The van der Waals surface area contributed by atoms with Crippen LogP contribution in [0.1, 0.15) is 12.6 Å². The van der Waals surface area contributed by atoms with Gasteiger partial charge in [0.1, 0.15) is 11.4 Å². The zero-order valence-corrected chi connectivity index (χ0v) is 11.3. The Morgan fingerprint density at radius 1 is 1.35 bits per heavy atom. The number of H-pyrrole nitrogens is 2. The number of anilines is 1. The molecule has 9 heteroatoms. The third-order valence-corrected chi connectivity index (χ3v) is 2.55. The Hall–Kier alpha value is -2.42. The van der Waals surface area contributed by atoms with Crippen LogP contribution >= 0.6 is 0 Å². The summed E-state index contributed by atoms with van der Waals surface area (Å²) in [6.07, 6.45) is -0.207. The summed E-state index contributed by atoms with van der Waals surface area (Å²) in [6, 6.07) is 0. The van der Waals surface area contributed by atoms with Gasteiger partial charge in [-0.15, -0.1) is 0 Å². The van der Waals surface area contributed by atoms with E-state index >= 15 is 0 Å². The third kappa shape index (κ3) is 3.54. The second-order valence-electron chi connectivity index (χ2n) is 3.95. The highest BCUT2D eigenvalue weighted by molar-refractivity contribution is 6.42. The number of rotatable bonds is 6. The predicted molar refractivity (Wildman–Crippen MR) is 71.5 cm³/mol. The van der Waals surface area contributed by atoms with Crippen LogP contribution < -0.4 is 16.6 Å². The lowest BCUT2D eigenvalue weighted by molar-refractivity contribution is -0.132. The maximum Gasteiger partial charge on any atom is 0.358 e. The summed E-state index contributed by atoms with van der Waals surface area (Å²) < 4.78 is 9.41. The van der Waals surface area contributed by atoms with E-state index in [9.17, 15) is 14.4 Å². The summed E-state index contributed by atoms with van der Waals surface area (Å²) >= 11 is 0. The van der Waals surface area contributed by atoms with Crippen molar-refractivity contribution in [1.82, 2.24) is 9.97 Å². The first-order valence-electron chi connectivity index (χ1n) is 5.71. The van der Waals surface area contributed by atoms with Crippen molar-refractivity contribution in [3.8, 4) is 0 Å². The second kappa shape index (κ2) is 6.66. The lowest BCUT2D eigenvalue weighted by Crippen LogP contribution is -2.33. The summed E-state index contributed by atoms with van der Waals surface area (Å²) in [7, 11) is 2.60. The second-order valence-corrected chi connectivity index (χ2v) is 3.95. The number of methoxy groups -OCH3 is 2. The number of carbonyl (C=O) groups excluding carboxylic acids is 1. The lowest BCUT2D eigenvalue weighted by atomic mass is 10.2. The van der Waals surface area contributed by atoms with Gasteiger partial charge in [-0.25, -0.2) is 9.59 Å². The Morgan fingerprint density at radius 3 is 2.55 bits per heavy atom. The van der Waals surface area contributed by atoms with Gasteiger partial charge in [0.25, 0.3) is 5.56 Å². The zero-order chi connectivity index (χ0) is 15.3. The van der Waals surface area contributed by atoms with E-state index in [4.69, 9.17) is 10.1 Å². The largest absolute Gasteiger partial charge is 0.464 e. The highest BCUT2D eigenvalue weighted by Gasteiger charge is 2.20. The molecule has 0 bridgehead atoms. The summed E-state index contributed by atoms with van der Waals surface area (Å²) in [5, 5.41) is 10.4. The highest BCUT2D eigenvalue weighted by Crippen LogP contribution is 2.07. The molecular weight excluding hydrogens is 268 g/mol. The van der Waals surface area contributed by atoms with Gasteiger partial charge in [0.2, 0.25) is 0 Å². The quantitative estimate of drug-likeness (QED) is 0.392. The number of esters is 1. The first kappa shape index (κ1) is 15.6. The molecule has 0 saturated heterocycles. The molecule has 0 radical (unpaired) electrons. The smallest absolute Gasteiger partial charge is 0.358 e. The fourth-order valence-corrected chi connectivity index (χ4v) is 1.38. The van der Waals surface area contributed by atoms with Crippen molar-refractivity contribution in [2.45, 2.75) is 13.0 Å². The number of aromatic amines is 2. The van der Waals surface area contributed by atoms with E-state index in [-0.39, 0.29) is 24.0 Å². The number of nitrogens with one attached hydrogen (secondary N) is 4. The Bertz CT molecular complexity index is 618. The molecule has 0 amide bonds. The molecule has 1 aromatic heterocycles. The Balaban J connectivity index is 3.21. The minimum absolute atomic E-state index is 0.0936. The van der Waals surface area contributed by atoms with Crippen LogP contribution in [-0.4, -0.2) is 48.5 Å². The Labute approximate surface area is 113 Å². The molecule has 110 valence electrons. The van der Waals surface area contributed by atoms with Crippen molar-refractivity contribution in [3.05, 3.63) is 26.5 Å². The van der Waals surface area contributed by atoms with Crippen LogP contribution in [0.3, 0.4) is 0 Å². The van der Waals surface area contributed by atoms with Crippen LogP contribution in [0.2, 0.25) is 0 Å². The van der Waals surface area contributed by atoms with Gasteiger partial charge in [0.05, 0.1) is 13.2 Å². The molecule has 0 aromatic carbocycles. The van der Waals surface area contributed by atoms with Crippen molar-refractivity contribution in [3.63, 3.8) is 0 Å². The molecule has 20 heavy (non-hydrogen) atoms. The van der Waals surface area contributed by atoms with Crippen molar-refractivity contribution in [2.24, 2.45) is 0 Å². The predicted octanol–water partition coefficient (Wildman–Crippen LogP) is -0.949. The van der Waals surface area contributed by atoms with Crippen LogP contribution in [0.25, 0.3) is 0 Å². The number of hydrogen-bond donors (Lipinski definition) is 4. The summed E-state index contributed by atoms with van der Waals surface area (Å²) in [5.74, 6) is -0.964. The van der Waals surface area contributed by atoms with Crippen LogP contribution in [-0.2, 0) is 14.3 Å². The van der Waals surface area contributed by atoms with E-state index < -0.39 is 22.9 Å². The van der Waals surface area contributed by atoms with E-state index in [0.29, 0.717) is 0 Å². The minimum atomic E-state index is -0.964. The topological polar surface area (TPSA) is 137 Å². The summed E-state index contributed by atoms with van der Waals surface area (Å²) in [6.45, 7) is 2.02. The fraction of sp³-hybridized carbons (Fsp3) is 0.455. The molecule has 0 spiro atoms. The molecule has 9 nitrogen and oxygen atoms in total. The lowest BCUT2D eigenvalue weighted by Gasteiger charge is -2.13. The van der Waals surface area contributed by atoms with Crippen LogP contribution in [0.15, 0.2) is 9.59 Å². The zero-order valence-electron chi connectivity index (χ0n) is 11.3. The van der Waals surface area contributed by atoms with Gasteiger partial charge in [-0.1, -0.05) is 0 Å². The van der Waals surface area contributed by atoms with Gasteiger partial charge >= 0.3 is 11.7 Å². The number of ether oxygens (including phenoxy) is 2. The van der Waals surface area contributed by atoms with Crippen molar-refractivity contribution >= 4 is 17.4 Å². The van der Waals surface area contributed by atoms with Crippen molar-refractivity contribution in [2.75, 3.05) is 26.1 Å².